The third kappa shape index (κ3) is 5.34. The molecule has 4 nitrogen and oxygen atoms in total. The van der Waals surface area contributed by atoms with Crippen molar-refractivity contribution in [3.05, 3.63) is 34.3 Å². The highest BCUT2D eigenvalue weighted by Gasteiger charge is 2.27. The zero-order valence-electron chi connectivity index (χ0n) is 13.8. The lowest BCUT2D eigenvalue weighted by atomic mass is 9.95. The van der Waals surface area contributed by atoms with Gasteiger partial charge in [0.25, 0.3) is 0 Å². The molecule has 1 aliphatic rings. The minimum absolute atomic E-state index is 0.0428. The van der Waals surface area contributed by atoms with Crippen LogP contribution in [0.4, 0.5) is 0 Å². The number of halogens is 1. The normalized spacial score (nSPS) is 15.7. The maximum absolute atomic E-state index is 12.4. The molecule has 5 heteroatoms. The molecule has 2 amide bonds. The lowest BCUT2D eigenvalue weighted by Gasteiger charge is -2.31. The van der Waals surface area contributed by atoms with Crippen molar-refractivity contribution >= 4 is 27.7 Å². The summed E-state index contributed by atoms with van der Waals surface area (Å²) in [4.78, 5) is 26.4. The van der Waals surface area contributed by atoms with Crippen molar-refractivity contribution < 1.29 is 9.59 Å². The minimum atomic E-state index is 0.0428. The van der Waals surface area contributed by atoms with E-state index in [1.165, 1.54) is 0 Å². The van der Waals surface area contributed by atoms with E-state index in [4.69, 9.17) is 0 Å². The summed E-state index contributed by atoms with van der Waals surface area (Å²) in [7, 11) is 0. The van der Waals surface area contributed by atoms with Crippen LogP contribution < -0.4 is 5.32 Å². The smallest absolute Gasteiger partial charge is 0.227 e. The van der Waals surface area contributed by atoms with Gasteiger partial charge in [-0.2, -0.15) is 0 Å². The number of nitrogens with zero attached hydrogens (tertiary/aromatic N) is 1. The molecule has 1 aliphatic heterocycles. The van der Waals surface area contributed by atoms with Crippen molar-refractivity contribution in [2.45, 2.75) is 33.1 Å². The van der Waals surface area contributed by atoms with Gasteiger partial charge in [0, 0.05) is 30.0 Å². The largest absolute Gasteiger partial charge is 0.356 e. The molecule has 0 spiro atoms. The van der Waals surface area contributed by atoms with Gasteiger partial charge in [-0.05, 0) is 30.4 Å². The highest BCUT2D eigenvalue weighted by Crippen LogP contribution is 2.21. The molecule has 0 unspecified atom stereocenters. The van der Waals surface area contributed by atoms with Crippen LogP contribution in [0.1, 0.15) is 32.3 Å². The molecule has 0 aliphatic carbocycles. The molecule has 1 heterocycles. The molecule has 0 atom stereocenters. The van der Waals surface area contributed by atoms with Crippen molar-refractivity contribution in [2.75, 3.05) is 19.6 Å². The average molecular weight is 381 g/mol. The van der Waals surface area contributed by atoms with Crippen LogP contribution in [-0.2, 0) is 16.0 Å². The molecule has 1 aromatic carbocycles. The van der Waals surface area contributed by atoms with E-state index < -0.39 is 0 Å². The number of amides is 2. The van der Waals surface area contributed by atoms with Gasteiger partial charge >= 0.3 is 0 Å². The molecular weight excluding hydrogens is 356 g/mol. The molecule has 2 rings (SSSR count). The van der Waals surface area contributed by atoms with Gasteiger partial charge in [0.05, 0.1) is 6.42 Å². The Bertz CT molecular complexity index is 552. The van der Waals surface area contributed by atoms with Gasteiger partial charge in [0.2, 0.25) is 11.8 Å². The first-order valence-electron chi connectivity index (χ1n) is 8.26. The Morgan fingerprint density at radius 1 is 1.26 bits per heavy atom. The fraction of sp³-hybridized carbons (Fsp3) is 0.556. The number of nitrogens with one attached hydrogen (secondary N) is 1. The second kappa shape index (κ2) is 8.48. The van der Waals surface area contributed by atoms with Crippen LogP contribution in [0.3, 0.4) is 0 Å². The number of likely N-dealkylation sites (tertiary alicyclic amines) is 1. The Morgan fingerprint density at radius 3 is 2.52 bits per heavy atom. The van der Waals surface area contributed by atoms with Crippen molar-refractivity contribution in [1.29, 1.82) is 0 Å². The summed E-state index contributed by atoms with van der Waals surface area (Å²) in [5.41, 5.74) is 1.01. The Balaban J connectivity index is 1.81. The van der Waals surface area contributed by atoms with Gasteiger partial charge in [0.15, 0.2) is 0 Å². The first-order valence-corrected chi connectivity index (χ1v) is 9.05. The van der Waals surface area contributed by atoms with Crippen molar-refractivity contribution in [3.63, 3.8) is 0 Å². The van der Waals surface area contributed by atoms with Crippen LogP contribution in [0.15, 0.2) is 28.7 Å². The summed E-state index contributed by atoms with van der Waals surface area (Å²) in [6.45, 7) is 6.23. The molecule has 0 bridgehead atoms. The zero-order chi connectivity index (χ0) is 16.8. The Hall–Kier alpha value is -1.36. The highest BCUT2D eigenvalue weighted by atomic mass is 79.9. The predicted molar refractivity (Wildman–Crippen MR) is 95.0 cm³/mol. The maximum Gasteiger partial charge on any atom is 0.227 e. The summed E-state index contributed by atoms with van der Waals surface area (Å²) >= 11 is 3.48. The molecule has 0 radical (unpaired) electrons. The van der Waals surface area contributed by atoms with Gasteiger partial charge in [-0.25, -0.2) is 0 Å². The van der Waals surface area contributed by atoms with Crippen molar-refractivity contribution in [1.82, 2.24) is 10.2 Å². The third-order valence-corrected chi connectivity index (χ3v) is 4.98. The Morgan fingerprint density at radius 2 is 1.91 bits per heavy atom. The van der Waals surface area contributed by atoms with E-state index >= 15 is 0 Å². The molecule has 1 fully saturated rings. The Labute approximate surface area is 146 Å². The summed E-state index contributed by atoms with van der Waals surface area (Å²) in [5.74, 6) is 0.778. The monoisotopic (exact) mass is 380 g/mol. The lowest BCUT2D eigenvalue weighted by Crippen LogP contribution is -2.44. The van der Waals surface area contributed by atoms with Crippen LogP contribution in [0.2, 0.25) is 0 Å². The highest BCUT2D eigenvalue weighted by molar-refractivity contribution is 9.10. The van der Waals surface area contributed by atoms with Gasteiger partial charge < -0.3 is 10.2 Å². The van der Waals surface area contributed by atoms with Crippen LogP contribution in [0.5, 0.6) is 0 Å². The molecule has 1 saturated heterocycles. The number of hydrogen-bond acceptors (Lipinski definition) is 2. The SMILES string of the molecule is CC(C)CNC(=O)C1CCN(C(=O)Cc2ccccc2Br)CC1. The number of carbonyl (C=O) groups excluding carboxylic acids is 2. The van der Waals surface area contributed by atoms with Crippen molar-refractivity contribution in [3.8, 4) is 0 Å². The molecule has 1 aromatic rings. The quantitative estimate of drug-likeness (QED) is 0.853. The van der Waals surface area contributed by atoms with E-state index in [-0.39, 0.29) is 17.7 Å². The zero-order valence-corrected chi connectivity index (χ0v) is 15.4. The van der Waals surface area contributed by atoms with Crippen LogP contribution >= 0.6 is 15.9 Å². The lowest BCUT2D eigenvalue weighted by molar-refractivity contribution is -0.135. The number of hydrogen-bond donors (Lipinski definition) is 1. The molecule has 0 saturated carbocycles. The van der Waals surface area contributed by atoms with Crippen molar-refractivity contribution in [2.24, 2.45) is 11.8 Å². The molecule has 126 valence electrons. The van der Waals surface area contributed by atoms with E-state index in [0.717, 1.165) is 29.4 Å². The summed E-state index contributed by atoms with van der Waals surface area (Å²) in [6, 6.07) is 7.81. The second-order valence-corrected chi connectivity index (χ2v) is 7.42. The Kier molecular flexibility index (Phi) is 6.63. The average Bonchev–Trinajstić information content (AvgIpc) is 2.54. The molecule has 23 heavy (non-hydrogen) atoms. The maximum atomic E-state index is 12.4. The van der Waals surface area contributed by atoms with Gasteiger partial charge in [-0.3, -0.25) is 9.59 Å². The van der Waals surface area contributed by atoms with Crippen LogP contribution in [0.25, 0.3) is 0 Å². The number of carbonyl (C=O) groups is 2. The second-order valence-electron chi connectivity index (χ2n) is 6.56. The summed E-state index contributed by atoms with van der Waals surface area (Å²) in [5, 5.41) is 2.99. The first-order chi connectivity index (χ1) is 11.0. The van der Waals surface area contributed by atoms with E-state index in [2.05, 4.69) is 35.1 Å². The van der Waals surface area contributed by atoms with Gasteiger partial charge in [-0.15, -0.1) is 0 Å². The summed E-state index contributed by atoms with van der Waals surface area (Å²) in [6.07, 6.45) is 1.92. The fourth-order valence-electron chi connectivity index (χ4n) is 2.76. The van der Waals surface area contributed by atoms with Gasteiger partial charge in [0.1, 0.15) is 0 Å². The third-order valence-electron chi connectivity index (χ3n) is 4.20. The van der Waals surface area contributed by atoms with E-state index in [0.29, 0.717) is 25.4 Å². The standard InChI is InChI=1S/C18H25BrN2O2/c1-13(2)12-20-18(23)14-7-9-21(10-8-14)17(22)11-15-5-3-4-6-16(15)19/h3-6,13-14H,7-12H2,1-2H3,(H,20,23). The predicted octanol–water partition coefficient (Wildman–Crippen LogP) is 3.00. The molecular formula is C18H25BrN2O2. The van der Waals surface area contributed by atoms with E-state index in [1.54, 1.807) is 0 Å². The van der Waals surface area contributed by atoms with E-state index in [9.17, 15) is 9.59 Å². The molecule has 1 N–H and O–H groups in total. The molecule has 0 aromatic heterocycles. The van der Waals surface area contributed by atoms with Gasteiger partial charge in [-0.1, -0.05) is 48.0 Å². The van der Waals surface area contributed by atoms with Crippen LogP contribution in [-0.4, -0.2) is 36.3 Å². The summed E-state index contributed by atoms with van der Waals surface area (Å²) < 4.78 is 0.969. The van der Waals surface area contributed by atoms with E-state index in [1.807, 2.05) is 29.2 Å². The topological polar surface area (TPSA) is 49.4 Å². The first kappa shape index (κ1) is 18.0. The number of benzene rings is 1. The minimum Gasteiger partial charge on any atom is -0.356 e. The van der Waals surface area contributed by atoms with Crippen LogP contribution in [0, 0.1) is 11.8 Å². The fourth-order valence-corrected chi connectivity index (χ4v) is 3.18. The number of piperidine rings is 1. The number of rotatable bonds is 5.